The molecule has 1 N–H and O–H groups in total. The minimum atomic E-state index is -0.351. The number of carbonyl (C=O) groups excluding carboxylic acids is 3. The van der Waals surface area contributed by atoms with Gasteiger partial charge in [0.15, 0.2) is 11.6 Å². The van der Waals surface area contributed by atoms with Crippen LogP contribution in [0.4, 0.5) is 0 Å². The third kappa shape index (κ3) is 4.94. The van der Waals surface area contributed by atoms with Crippen molar-refractivity contribution in [2.24, 2.45) is 5.92 Å². The molecule has 0 bridgehead atoms. The average Bonchev–Trinajstić information content (AvgIpc) is 3.60. The van der Waals surface area contributed by atoms with Crippen LogP contribution in [0.2, 0.25) is 0 Å². The predicted molar refractivity (Wildman–Crippen MR) is 135 cm³/mol. The van der Waals surface area contributed by atoms with Gasteiger partial charge in [-0.1, -0.05) is 19.8 Å². The lowest BCUT2D eigenvalue weighted by Crippen LogP contribution is -2.52. The summed E-state index contributed by atoms with van der Waals surface area (Å²) in [4.78, 5) is 46.6. The summed E-state index contributed by atoms with van der Waals surface area (Å²) in [5.74, 6) is -0.393. The van der Waals surface area contributed by atoms with Crippen LogP contribution in [0.25, 0.3) is 10.4 Å². The second kappa shape index (κ2) is 10.5. The van der Waals surface area contributed by atoms with Gasteiger partial charge in [-0.3, -0.25) is 24.3 Å². The Hall–Kier alpha value is -2.13. The fourth-order valence-electron chi connectivity index (χ4n) is 5.68. The second-order valence-electron chi connectivity index (χ2n) is 9.56. The van der Waals surface area contributed by atoms with Crippen molar-refractivity contribution in [2.75, 3.05) is 19.7 Å². The van der Waals surface area contributed by atoms with Crippen LogP contribution in [0.5, 0.6) is 0 Å². The van der Waals surface area contributed by atoms with Crippen LogP contribution in [-0.2, 0) is 20.7 Å². The van der Waals surface area contributed by atoms with Crippen LogP contribution in [0, 0.1) is 5.92 Å². The zero-order valence-corrected chi connectivity index (χ0v) is 21.3. The molecule has 1 saturated carbocycles. The number of hydrogen-bond donors (Lipinski definition) is 1. The summed E-state index contributed by atoms with van der Waals surface area (Å²) in [6.07, 6.45) is 5.95. The Morgan fingerprint density at radius 2 is 2.09 bits per heavy atom. The zero-order valence-electron chi connectivity index (χ0n) is 19.7. The van der Waals surface area contributed by atoms with Gasteiger partial charge >= 0.3 is 0 Å². The Kier molecular flexibility index (Phi) is 7.34. The molecule has 3 fully saturated rings. The molecule has 2 aliphatic heterocycles. The van der Waals surface area contributed by atoms with E-state index in [2.05, 4.69) is 22.1 Å². The highest BCUT2D eigenvalue weighted by molar-refractivity contribution is 7.17. The van der Waals surface area contributed by atoms with Gasteiger partial charge in [0, 0.05) is 35.3 Å². The van der Waals surface area contributed by atoms with Gasteiger partial charge in [0.05, 0.1) is 28.9 Å². The molecule has 9 heteroatoms. The molecule has 2 aromatic rings. The van der Waals surface area contributed by atoms with Gasteiger partial charge < -0.3 is 10.1 Å². The molecule has 3 aliphatic rings. The zero-order chi connectivity index (χ0) is 24.5. The number of Topliss-reactive ketones (excluding diaryl/α,β-unsaturated/α-hetero) is 2. The third-order valence-corrected chi connectivity index (χ3v) is 8.96. The average molecular weight is 516 g/mol. The van der Waals surface area contributed by atoms with E-state index in [0.29, 0.717) is 11.4 Å². The van der Waals surface area contributed by atoms with Gasteiger partial charge in [-0.05, 0) is 49.1 Å². The molecule has 2 unspecified atom stereocenters. The Bertz CT molecular complexity index is 1120. The number of likely N-dealkylation sites (tertiary alicyclic amines) is 1. The number of fused-ring (bicyclic) bond motifs is 1. The van der Waals surface area contributed by atoms with E-state index >= 15 is 0 Å². The highest BCUT2D eigenvalue weighted by Gasteiger charge is 2.53. The number of halogens is 1. The van der Waals surface area contributed by atoms with Crippen molar-refractivity contribution >= 4 is 40.4 Å². The summed E-state index contributed by atoms with van der Waals surface area (Å²) in [7, 11) is 0. The summed E-state index contributed by atoms with van der Waals surface area (Å²) in [6, 6.07) is 7.31. The first kappa shape index (κ1) is 24.6. The summed E-state index contributed by atoms with van der Waals surface area (Å²) in [5.41, 5.74) is 2.04. The van der Waals surface area contributed by atoms with Crippen molar-refractivity contribution in [2.45, 2.75) is 62.6 Å². The maximum atomic E-state index is 13.3. The SMILES string of the molecule is CCc1cc(-c2ccc(C(=O)NCC(=O)C3CCCCC3N3C[C@H](Cl)[C@H]4OCC(=O)[C@H]43)s2)ccn1. The van der Waals surface area contributed by atoms with Crippen LogP contribution < -0.4 is 5.32 Å². The van der Waals surface area contributed by atoms with E-state index in [1.165, 1.54) is 11.3 Å². The van der Waals surface area contributed by atoms with E-state index < -0.39 is 0 Å². The van der Waals surface area contributed by atoms with E-state index in [-0.39, 0.29) is 60.1 Å². The molecule has 0 radical (unpaired) electrons. The molecule has 7 nitrogen and oxygen atoms in total. The standard InChI is InChI=1S/C26H30ClN3O4S/c1-2-16-11-15(9-10-28-16)22-7-8-23(35-22)26(33)29-12-20(31)17-5-3-4-6-19(17)30-13-18(27)25-24(30)21(32)14-34-25/h7-11,17-19,24-25H,2-6,12-14H2,1H3,(H,29,33)/t17?,18-,19?,24+,25+/m0/s1. The Morgan fingerprint density at radius 1 is 1.26 bits per heavy atom. The van der Waals surface area contributed by atoms with Gasteiger partial charge in [0.25, 0.3) is 5.91 Å². The van der Waals surface area contributed by atoms with Crippen LogP contribution in [0.15, 0.2) is 30.5 Å². The Labute approximate surface area is 214 Å². The van der Waals surface area contributed by atoms with E-state index in [1.807, 2.05) is 18.2 Å². The van der Waals surface area contributed by atoms with E-state index in [0.717, 1.165) is 48.2 Å². The fraction of sp³-hybridized carbons (Fsp3) is 0.538. The number of alkyl halides is 1. The smallest absolute Gasteiger partial charge is 0.261 e. The van der Waals surface area contributed by atoms with Crippen molar-refractivity contribution < 1.29 is 19.1 Å². The number of carbonyl (C=O) groups is 3. The second-order valence-corrected chi connectivity index (χ2v) is 11.2. The van der Waals surface area contributed by atoms with Crippen molar-refractivity contribution in [3.8, 4) is 10.4 Å². The van der Waals surface area contributed by atoms with E-state index in [1.54, 1.807) is 12.3 Å². The lowest BCUT2D eigenvalue weighted by atomic mass is 9.80. The Balaban J connectivity index is 1.23. The number of aryl methyl sites for hydroxylation is 1. The van der Waals surface area contributed by atoms with Crippen molar-refractivity contribution in [1.29, 1.82) is 0 Å². The number of thiophene rings is 1. The number of rotatable bonds is 7. The minimum absolute atomic E-state index is 0.0147. The molecule has 1 amide bonds. The molecule has 5 rings (SSSR count). The molecule has 0 aromatic carbocycles. The molecule has 4 heterocycles. The topological polar surface area (TPSA) is 88.6 Å². The van der Waals surface area contributed by atoms with Gasteiger partial charge in [-0.15, -0.1) is 22.9 Å². The molecule has 5 atom stereocenters. The first-order valence-corrected chi connectivity index (χ1v) is 13.6. The lowest BCUT2D eigenvalue weighted by molar-refractivity contribution is -0.128. The molecule has 2 aromatic heterocycles. The molecule has 1 aliphatic carbocycles. The molecule has 2 saturated heterocycles. The summed E-state index contributed by atoms with van der Waals surface area (Å²) >= 11 is 7.90. The highest BCUT2D eigenvalue weighted by Crippen LogP contribution is 2.38. The lowest BCUT2D eigenvalue weighted by Gasteiger charge is -2.39. The number of aromatic nitrogens is 1. The Morgan fingerprint density at radius 3 is 2.91 bits per heavy atom. The summed E-state index contributed by atoms with van der Waals surface area (Å²) < 4.78 is 5.63. The maximum absolute atomic E-state index is 13.3. The molecular weight excluding hydrogens is 486 g/mol. The molecule has 35 heavy (non-hydrogen) atoms. The highest BCUT2D eigenvalue weighted by atomic mass is 35.5. The van der Waals surface area contributed by atoms with Gasteiger partial charge in [0.1, 0.15) is 6.61 Å². The third-order valence-electron chi connectivity index (χ3n) is 7.44. The number of nitrogens with one attached hydrogen (secondary N) is 1. The predicted octanol–water partition coefficient (Wildman–Crippen LogP) is 3.49. The van der Waals surface area contributed by atoms with Crippen molar-refractivity contribution in [3.63, 3.8) is 0 Å². The number of amides is 1. The van der Waals surface area contributed by atoms with Gasteiger partial charge in [0.2, 0.25) is 0 Å². The first-order chi connectivity index (χ1) is 17.0. The summed E-state index contributed by atoms with van der Waals surface area (Å²) in [5, 5.41) is 2.59. The first-order valence-electron chi connectivity index (χ1n) is 12.4. The summed E-state index contributed by atoms with van der Waals surface area (Å²) in [6.45, 7) is 2.69. The van der Waals surface area contributed by atoms with Crippen LogP contribution >= 0.6 is 22.9 Å². The number of ketones is 2. The van der Waals surface area contributed by atoms with Crippen molar-refractivity contribution in [3.05, 3.63) is 41.0 Å². The monoisotopic (exact) mass is 515 g/mol. The van der Waals surface area contributed by atoms with E-state index in [4.69, 9.17) is 16.3 Å². The largest absolute Gasteiger partial charge is 0.367 e. The van der Waals surface area contributed by atoms with Crippen LogP contribution in [0.3, 0.4) is 0 Å². The van der Waals surface area contributed by atoms with E-state index in [9.17, 15) is 14.4 Å². The van der Waals surface area contributed by atoms with Gasteiger partial charge in [-0.2, -0.15) is 0 Å². The minimum Gasteiger partial charge on any atom is -0.367 e. The number of ether oxygens (including phenoxy) is 1. The normalized spacial score (nSPS) is 28.7. The quantitative estimate of drug-likeness (QED) is 0.568. The van der Waals surface area contributed by atoms with Gasteiger partial charge in [-0.25, -0.2) is 0 Å². The van der Waals surface area contributed by atoms with Crippen molar-refractivity contribution in [1.82, 2.24) is 15.2 Å². The fourth-order valence-corrected chi connectivity index (χ4v) is 6.97. The number of hydrogen-bond acceptors (Lipinski definition) is 7. The van der Waals surface area contributed by atoms with Crippen LogP contribution in [-0.4, -0.2) is 70.6 Å². The van der Waals surface area contributed by atoms with Crippen LogP contribution in [0.1, 0.15) is 48.0 Å². The number of pyridine rings is 1. The molecule has 0 spiro atoms. The maximum Gasteiger partial charge on any atom is 0.261 e. The number of nitrogens with zero attached hydrogens (tertiary/aromatic N) is 2. The molecule has 186 valence electrons. The molecular formula is C26H30ClN3O4S.